The van der Waals surface area contributed by atoms with Gasteiger partial charge in [-0.2, -0.15) is 5.26 Å². The normalized spacial score (nSPS) is 34.6. The zero-order chi connectivity index (χ0) is 11.9. The summed E-state index contributed by atoms with van der Waals surface area (Å²) in [5.41, 5.74) is 0.511. The second-order valence-corrected chi connectivity index (χ2v) is 5.68. The molecule has 1 N–H and O–H groups in total. The molecule has 3 rings (SSSR count). The Hall–Kier alpha value is -1.20. The number of hydrogen-bond acceptors (Lipinski definition) is 2. The van der Waals surface area contributed by atoms with Crippen LogP contribution < -0.4 is 5.32 Å². The van der Waals surface area contributed by atoms with Gasteiger partial charge in [0.2, 0.25) is 0 Å². The molecule has 0 amide bonds. The first-order chi connectivity index (χ1) is 8.23. The lowest BCUT2D eigenvalue weighted by molar-refractivity contribution is 0.368. The zero-order valence-electron chi connectivity index (χ0n) is 9.62. The first-order valence-corrected chi connectivity index (χ1v) is 6.55. The Balaban J connectivity index is 1.89. The highest BCUT2D eigenvalue weighted by Crippen LogP contribution is 2.52. The maximum Gasteiger partial charge on any atom is 0.128 e. The van der Waals surface area contributed by atoms with Crippen LogP contribution >= 0.6 is 11.6 Å². The minimum Gasteiger partial charge on any atom is -0.366 e. The number of nitriles is 1. The molecule has 1 aromatic rings. The zero-order valence-corrected chi connectivity index (χ0v) is 10.4. The Kier molecular flexibility index (Phi) is 2.52. The van der Waals surface area contributed by atoms with Crippen molar-refractivity contribution in [2.45, 2.75) is 31.2 Å². The number of benzene rings is 1. The molecule has 3 unspecified atom stereocenters. The standard InChI is InChI=1S/C14H15ClN2/c15-12-3-1-2-4-13(12)17-14(9-16)8-10-5-6-11(14)7-10/h1-4,10-11,17H,5-8H2. The number of nitrogens with zero attached hydrogens (tertiary/aromatic N) is 1. The molecule has 2 bridgehead atoms. The van der Waals surface area contributed by atoms with Crippen molar-refractivity contribution in [3.05, 3.63) is 29.3 Å². The maximum atomic E-state index is 9.54. The van der Waals surface area contributed by atoms with Gasteiger partial charge in [-0.3, -0.25) is 0 Å². The summed E-state index contributed by atoms with van der Waals surface area (Å²) in [6.45, 7) is 0. The molecule has 0 aromatic heterocycles. The van der Waals surface area contributed by atoms with Gasteiger partial charge in [-0.15, -0.1) is 0 Å². The molecule has 1 aromatic carbocycles. The van der Waals surface area contributed by atoms with E-state index >= 15 is 0 Å². The first-order valence-electron chi connectivity index (χ1n) is 6.17. The van der Waals surface area contributed by atoms with E-state index in [0.29, 0.717) is 10.9 Å². The van der Waals surface area contributed by atoms with Gasteiger partial charge in [0.05, 0.1) is 16.8 Å². The number of anilines is 1. The monoisotopic (exact) mass is 246 g/mol. The summed E-state index contributed by atoms with van der Waals surface area (Å²) in [4.78, 5) is 0. The van der Waals surface area contributed by atoms with Crippen LogP contribution in [0.15, 0.2) is 24.3 Å². The molecule has 0 radical (unpaired) electrons. The second kappa shape index (κ2) is 3.92. The van der Waals surface area contributed by atoms with Crippen LogP contribution in [0.25, 0.3) is 0 Å². The molecular formula is C14H15ClN2. The molecule has 0 spiro atoms. The minimum absolute atomic E-state index is 0.381. The summed E-state index contributed by atoms with van der Waals surface area (Å²) in [5.74, 6) is 1.23. The van der Waals surface area contributed by atoms with Gasteiger partial charge in [0.15, 0.2) is 0 Å². The third-order valence-electron chi connectivity index (χ3n) is 4.28. The maximum absolute atomic E-state index is 9.54. The van der Waals surface area contributed by atoms with E-state index in [9.17, 15) is 5.26 Å². The van der Waals surface area contributed by atoms with E-state index in [1.54, 1.807) is 0 Å². The molecule has 0 aliphatic heterocycles. The first kappa shape index (κ1) is 10.9. The number of halogens is 1. The summed E-state index contributed by atoms with van der Waals surface area (Å²) >= 11 is 6.15. The molecule has 3 atom stereocenters. The van der Waals surface area contributed by atoms with Crippen molar-refractivity contribution in [3.63, 3.8) is 0 Å². The van der Waals surface area contributed by atoms with Crippen LogP contribution in [0.4, 0.5) is 5.69 Å². The fourth-order valence-corrected chi connectivity index (χ4v) is 3.63. The predicted octanol–water partition coefficient (Wildman–Crippen LogP) is 3.83. The van der Waals surface area contributed by atoms with Crippen molar-refractivity contribution in [1.82, 2.24) is 0 Å². The summed E-state index contributed by atoms with van der Waals surface area (Å²) in [6, 6.07) is 10.2. The molecule has 0 heterocycles. The number of fused-ring (bicyclic) bond motifs is 2. The SMILES string of the molecule is N#CC1(Nc2ccccc2Cl)CC2CCC1C2. The number of hydrogen-bond donors (Lipinski definition) is 1. The van der Waals surface area contributed by atoms with Gasteiger partial charge in [0, 0.05) is 0 Å². The fourth-order valence-electron chi connectivity index (χ4n) is 3.45. The Morgan fingerprint density at radius 3 is 2.76 bits per heavy atom. The summed E-state index contributed by atoms with van der Waals surface area (Å²) in [5, 5.41) is 13.6. The van der Waals surface area contributed by atoms with Crippen LogP contribution in [0.1, 0.15) is 25.7 Å². The van der Waals surface area contributed by atoms with Gasteiger partial charge in [-0.25, -0.2) is 0 Å². The van der Waals surface area contributed by atoms with Gasteiger partial charge < -0.3 is 5.32 Å². The Morgan fingerprint density at radius 2 is 2.18 bits per heavy atom. The van der Waals surface area contributed by atoms with Crippen molar-refractivity contribution in [1.29, 1.82) is 5.26 Å². The van der Waals surface area contributed by atoms with Gasteiger partial charge in [0.25, 0.3) is 0 Å². The molecular weight excluding hydrogens is 232 g/mol. The third kappa shape index (κ3) is 1.70. The Labute approximate surface area is 107 Å². The predicted molar refractivity (Wildman–Crippen MR) is 68.9 cm³/mol. The lowest BCUT2D eigenvalue weighted by Crippen LogP contribution is -2.42. The highest BCUT2D eigenvalue weighted by molar-refractivity contribution is 6.33. The molecule has 2 nitrogen and oxygen atoms in total. The average Bonchev–Trinajstić information content (AvgIpc) is 2.93. The summed E-state index contributed by atoms with van der Waals surface area (Å²) in [7, 11) is 0. The van der Waals surface area contributed by atoms with Crippen molar-refractivity contribution in [2.75, 3.05) is 5.32 Å². The molecule has 2 saturated carbocycles. The number of nitrogens with one attached hydrogen (secondary N) is 1. The second-order valence-electron chi connectivity index (χ2n) is 5.27. The van der Waals surface area contributed by atoms with E-state index in [0.717, 1.165) is 18.0 Å². The lowest BCUT2D eigenvalue weighted by atomic mass is 9.82. The van der Waals surface area contributed by atoms with E-state index in [4.69, 9.17) is 11.6 Å². The molecule has 3 heteroatoms. The van der Waals surface area contributed by atoms with Crippen LogP contribution in [0.5, 0.6) is 0 Å². The van der Waals surface area contributed by atoms with Crippen molar-refractivity contribution in [2.24, 2.45) is 11.8 Å². The van der Waals surface area contributed by atoms with E-state index in [2.05, 4.69) is 11.4 Å². The van der Waals surface area contributed by atoms with E-state index < -0.39 is 0 Å². The van der Waals surface area contributed by atoms with E-state index in [1.807, 2.05) is 24.3 Å². The van der Waals surface area contributed by atoms with Crippen molar-refractivity contribution >= 4 is 17.3 Å². The van der Waals surface area contributed by atoms with Crippen LogP contribution in [0, 0.1) is 23.2 Å². The van der Waals surface area contributed by atoms with Crippen molar-refractivity contribution in [3.8, 4) is 6.07 Å². The Morgan fingerprint density at radius 1 is 1.35 bits per heavy atom. The van der Waals surface area contributed by atoms with Gasteiger partial charge in [0.1, 0.15) is 5.54 Å². The quantitative estimate of drug-likeness (QED) is 0.861. The minimum atomic E-state index is -0.381. The largest absolute Gasteiger partial charge is 0.366 e. The molecule has 0 saturated heterocycles. The highest BCUT2D eigenvalue weighted by atomic mass is 35.5. The molecule has 2 aliphatic carbocycles. The van der Waals surface area contributed by atoms with Crippen LogP contribution in [0.3, 0.4) is 0 Å². The highest BCUT2D eigenvalue weighted by Gasteiger charge is 2.51. The van der Waals surface area contributed by atoms with Crippen LogP contribution in [0.2, 0.25) is 5.02 Å². The van der Waals surface area contributed by atoms with Crippen molar-refractivity contribution < 1.29 is 0 Å². The summed E-state index contributed by atoms with van der Waals surface area (Å²) in [6.07, 6.45) is 4.64. The van der Waals surface area contributed by atoms with Gasteiger partial charge in [-0.05, 0) is 49.7 Å². The molecule has 17 heavy (non-hydrogen) atoms. The number of para-hydroxylation sites is 1. The molecule has 88 valence electrons. The molecule has 2 aliphatic rings. The van der Waals surface area contributed by atoms with Gasteiger partial charge >= 0.3 is 0 Å². The Bertz CT molecular complexity index is 479. The molecule has 2 fully saturated rings. The topological polar surface area (TPSA) is 35.8 Å². The fraction of sp³-hybridized carbons (Fsp3) is 0.500. The average molecular weight is 247 g/mol. The van der Waals surface area contributed by atoms with E-state index in [-0.39, 0.29) is 5.54 Å². The van der Waals surface area contributed by atoms with Crippen LogP contribution in [-0.2, 0) is 0 Å². The third-order valence-corrected chi connectivity index (χ3v) is 4.61. The number of rotatable bonds is 2. The van der Waals surface area contributed by atoms with Crippen LogP contribution in [-0.4, -0.2) is 5.54 Å². The van der Waals surface area contributed by atoms with E-state index in [1.165, 1.54) is 19.3 Å². The lowest BCUT2D eigenvalue weighted by Gasteiger charge is -2.33. The summed E-state index contributed by atoms with van der Waals surface area (Å²) < 4.78 is 0. The smallest absolute Gasteiger partial charge is 0.128 e. The van der Waals surface area contributed by atoms with Gasteiger partial charge in [-0.1, -0.05) is 23.7 Å².